The molecule has 1 atom stereocenters. The third-order valence-corrected chi connectivity index (χ3v) is 2.45. The van der Waals surface area contributed by atoms with Crippen LogP contribution in [0.2, 0.25) is 0 Å². The van der Waals surface area contributed by atoms with E-state index in [-0.39, 0.29) is 12.5 Å². The molecule has 1 aromatic rings. The number of aliphatic carboxylic acids is 1. The third kappa shape index (κ3) is 4.61. The standard InChI is InChI=1S/C12H17NO2/c1-13-11(9-12(14)15)8-7-10-5-3-2-4-6-10/h2-6,11,13H,7-9H2,1H3,(H,14,15)/t11-/m1/s1. The first-order valence-electron chi connectivity index (χ1n) is 5.15. The number of carbonyl (C=O) groups is 1. The van der Waals surface area contributed by atoms with Crippen molar-refractivity contribution in [3.8, 4) is 0 Å². The van der Waals surface area contributed by atoms with Crippen LogP contribution in [0.1, 0.15) is 18.4 Å². The van der Waals surface area contributed by atoms with Crippen LogP contribution in [-0.2, 0) is 11.2 Å². The van der Waals surface area contributed by atoms with Crippen LogP contribution in [-0.4, -0.2) is 24.2 Å². The van der Waals surface area contributed by atoms with E-state index in [9.17, 15) is 4.79 Å². The van der Waals surface area contributed by atoms with Crippen molar-refractivity contribution in [1.29, 1.82) is 0 Å². The molecule has 0 aliphatic carbocycles. The Morgan fingerprint density at radius 1 is 1.40 bits per heavy atom. The third-order valence-electron chi connectivity index (χ3n) is 2.45. The molecule has 0 heterocycles. The van der Waals surface area contributed by atoms with Crippen LogP contribution in [0.3, 0.4) is 0 Å². The Morgan fingerprint density at radius 2 is 2.07 bits per heavy atom. The zero-order valence-electron chi connectivity index (χ0n) is 8.94. The first kappa shape index (κ1) is 11.7. The van der Waals surface area contributed by atoms with Gasteiger partial charge in [-0.05, 0) is 25.5 Å². The van der Waals surface area contributed by atoms with Gasteiger partial charge in [0.15, 0.2) is 0 Å². The molecule has 0 unspecified atom stereocenters. The summed E-state index contributed by atoms with van der Waals surface area (Å²) in [5, 5.41) is 11.7. The Kier molecular flexibility index (Phi) is 4.84. The van der Waals surface area contributed by atoms with Crippen molar-refractivity contribution in [2.24, 2.45) is 0 Å². The molecule has 0 saturated carbocycles. The number of rotatable bonds is 6. The van der Waals surface area contributed by atoms with E-state index in [2.05, 4.69) is 17.4 Å². The Hall–Kier alpha value is -1.35. The van der Waals surface area contributed by atoms with Gasteiger partial charge in [0.1, 0.15) is 0 Å². The number of benzene rings is 1. The highest BCUT2D eigenvalue weighted by molar-refractivity contribution is 5.67. The molecule has 0 radical (unpaired) electrons. The zero-order chi connectivity index (χ0) is 11.1. The van der Waals surface area contributed by atoms with Crippen LogP contribution in [0, 0.1) is 0 Å². The van der Waals surface area contributed by atoms with Gasteiger partial charge in [0.05, 0.1) is 6.42 Å². The maximum atomic E-state index is 10.5. The van der Waals surface area contributed by atoms with Gasteiger partial charge in [-0.2, -0.15) is 0 Å². The molecule has 0 saturated heterocycles. The van der Waals surface area contributed by atoms with Crippen molar-refractivity contribution in [3.05, 3.63) is 35.9 Å². The second-order valence-corrected chi connectivity index (χ2v) is 3.61. The summed E-state index contributed by atoms with van der Waals surface area (Å²) in [7, 11) is 1.80. The van der Waals surface area contributed by atoms with Gasteiger partial charge in [-0.3, -0.25) is 4.79 Å². The second kappa shape index (κ2) is 6.19. The second-order valence-electron chi connectivity index (χ2n) is 3.61. The molecular weight excluding hydrogens is 190 g/mol. The maximum absolute atomic E-state index is 10.5. The smallest absolute Gasteiger partial charge is 0.304 e. The van der Waals surface area contributed by atoms with Crippen LogP contribution < -0.4 is 5.32 Å². The highest BCUT2D eigenvalue weighted by atomic mass is 16.4. The Morgan fingerprint density at radius 3 is 2.60 bits per heavy atom. The van der Waals surface area contributed by atoms with E-state index in [1.165, 1.54) is 5.56 Å². The highest BCUT2D eigenvalue weighted by Crippen LogP contribution is 2.06. The van der Waals surface area contributed by atoms with Crippen molar-refractivity contribution in [2.75, 3.05) is 7.05 Å². The van der Waals surface area contributed by atoms with E-state index < -0.39 is 5.97 Å². The van der Waals surface area contributed by atoms with Crippen molar-refractivity contribution < 1.29 is 9.90 Å². The molecule has 0 aliphatic heterocycles. The summed E-state index contributed by atoms with van der Waals surface area (Å²) < 4.78 is 0. The van der Waals surface area contributed by atoms with E-state index in [0.29, 0.717) is 0 Å². The molecule has 0 aliphatic rings. The summed E-state index contributed by atoms with van der Waals surface area (Å²) in [4.78, 5) is 10.5. The van der Waals surface area contributed by atoms with Gasteiger partial charge in [-0.25, -0.2) is 0 Å². The average molecular weight is 207 g/mol. The van der Waals surface area contributed by atoms with Crippen LogP contribution >= 0.6 is 0 Å². The monoisotopic (exact) mass is 207 g/mol. The summed E-state index contributed by atoms with van der Waals surface area (Å²) in [6.45, 7) is 0. The maximum Gasteiger partial charge on any atom is 0.304 e. The molecule has 2 N–H and O–H groups in total. The lowest BCUT2D eigenvalue weighted by molar-refractivity contribution is -0.137. The van der Waals surface area contributed by atoms with E-state index in [1.807, 2.05) is 18.2 Å². The first-order valence-corrected chi connectivity index (χ1v) is 5.15. The lowest BCUT2D eigenvalue weighted by Crippen LogP contribution is -2.28. The molecule has 1 rings (SSSR count). The van der Waals surface area contributed by atoms with Crippen LogP contribution in [0.15, 0.2) is 30.3 Å². The highest BCUT2D eigenvalue weighted by Gasteiger charge is 2.10. The number of hydrogen-bond donors (Lipinski definition) is 2. The predicted molar refractivity (Wildman–Crippen MR) is 59.9 cm³/mol. The summed E-state index contributed by atoms with van der Waals surface area (Å²) >= 11 is 0. The molecule has 15 heavy (non-hydrogen) atoms. The fraction of sp³-hybridized carbons (Fsp3) is 0.417. The summed E-state index contributed by atoms with van der Waals surface area (Å²) in [6.07, 6.45) is 1.95. The fourth-order valence-electron chi connectivity index (χ4n) is 1.54. The molecule has 82 valence electrons. The summed E-state index contributed by atoms with van der Waals surface area (Å²) in [6, 6.07) is 10.2. The van der Waals surface area contributed by atoms with Crippen molar-refractivity contribution in [2.45, 2.75) is 25.3 Å². The van der Waals surface area contributed by atoms with Gasteiger partial charge in [-0.1, -0.05) is 30.3 Å². The molecule has 3 heteroatoms. The number of carboxylic acids is 1. The summed E-state index contributed by atoms with van der Waals surface area (Å²) in [5.74, 6) is -0.748. The minimum Gasteiger partial charge on any atom is -0.481 e. The van der Waals surface area contributed by atoms with Gasteiger partial charge in [0.2, 0.25) is 0 Å². The van der Waals surface area contributed by atoms with Gasteiger partial charge >= 0.3 is 5.97 Å². The van der Waals surface area contributed by atoms with E-state index >= 15 is 0 Å². The number of nitrogens with one attached hydrogen (secondary N) is 1. The normalized spacial score (nSPS) is 12.3. The Labute approximate surface area is 90.1 Å². The van der Waals surface area contributed by atoms with E-state index in [0.717, 1.165) is 12.8 Å². The van der Waals surface area contributed by atoms with Gasteiger partial charge in [0.25, 0.3) is 0 Å². The Balaban J connectivity index is 2.37. The molecule has 0 amide bonds. The number of carboxylic acid groups (broad SMARTS) is 1. The van der Waals surface area contributed by atoms with Crippen molar-refractivity contribution >= 4 is 5.97 Å². The molecule has 0 bridgehead atoms. The first-order chi connectivity index (χ1) is 7.22. The molecule has 1 aromatic carbocycles. The Bertz CT molecular complexity index is 298. The number of aryl methyl sites for hydroxylation is 1. The van der Waals surface area contributed by atoms with Crippen LogP contribution in [0.4, 0.5) is 0 Å². The molecule has 0 aromatic heterocycles. The van der Waals surface area contributed by atoms with Gasteiger partial charge in [-0.15, -0.1) is 0 Å². The van der Waals surface area contributed by atoms with E-state index in [1.54, 1.807) is 7.05 Å². The zero-order valence-corrected chi connectivity index (χ0v) is 8.94. The van der Waals surface area contributed by atoms with Crippen molar-refractivity contribution in [3.63, 3.8) is 0 Å². The van der Waals surface area contributed by atoms with Crippen LogP contribution in [0.25, 0.3) is 0 Å². The minimum atomic E-state index is -0.748. The van der Waals surface area contributed by atoms with Gasteiger partial charge < -0.3 is 10.4 Å². The molecule has 0 spiro atoms. The predicted octanol–water partition coefficient (Wildman–Crippen LogP) is 1.68. The topological polar surface area (TPSA) is 49.3 Å². The minimum absolute atomic E-state index is 0.0581. The lowest BCUT2D eigenvalue weighted by Gasteiger charge is -2.13. The fourth-order valence-corrected chi connectivity index (χ4v) is 1.54. The van der Waals surface area contributed by atoms with Crippen LogP contribution in [0.5, 0.6) is 0 Å². The van der Waals surface area contributed by atoms with E-state index in [4.69, 9.17) is 5.11 Å². The SMILES string of the molecule is CN[C@H](CCc1ccccc1)CC(=O)O. The van der Waals surface area contributed by atoms with Crippen molar-refractivity contribution in [1.82, 2.24) is 5.32 Å². The molecular formula is C12H17NO2. The lowest BCUT2D eigenvalue weighted by atomic mass is 10.0. The summed E-state index contributed by atoms with van der Waals surface area (Å²) in [5.41, 5.74) is 1.25. The number of hydrogen-bond acceptors (Lipinski definition) is 2. The average Bonchev–Trinajstić information content (AvgIpc) is 2.25. The molecule has 3 nitrogen and oxygen atoms in total. The quantitative estimate of drug-likeness (QED) is 0.746. The largest absolute Gasteiger partial charge is 0.481 e. The van der Waals surface area contributed by atoms with Gasteiger partial charge in [0, 0.05) is 6.04 Å². The molecule has 0 fully saturated rings.